The van der Waals surface area contributed by atoms with Crippen LogP contribution in [0.5, 0.6) is 0 Å². The summed E-state index contributed by atoms with van der Waals surface area (Å²) in [6, 6.07) is 8.28. The number of benzene rings is 1. The maximum absolute atomic E-state index is 12.4. The largest absolute Gasteiger partial charge is 0.360 e. The van der Waals surface area contributed by atoms with E-state index in [9.17, 15) is 9.59 Å². The third-order valence-electron chi connectivity index (χ3n) is 4.56. The molecule has 0 aliphatic heterocycles. The van der Waals surface area contributed by atoms with Gasteiger partial charge in [-0.1, -0.05) is 35.0 Å². The van der Waals surface area contributed by atoms with Gasteiger partial charge in [-0.25, -0.2) is 4.68 Å². The molecule has 1 amide bonds. The number of fused-ring (bicyclic) bond motifs is 1. The van der Waals surface area contributed by atoms with Gasteiger partial charge in [0.25, 0.3) is 5.56 Å². The summed E-state index contributed by atoms with van der Waals surface area (Å²) in [5.41, 5.74) is 3.13. The Morgan fingerprint density at radius 2 is 1.93 bits per heavy atom. The second-order valence-electron chi connectivity index (χ2n) is 6.77. The van der Waals surface area contributed by atoms with E-state index in [0.717, 1.165) is 6.42 Å². The normalized spacial score (nSPS) is 11.1. The van der Waals surface area contributed by atoms with Gasteiger partial charge in [0.05, 0.1) is 11.1 Å². The lowest BCUT2D eigenvalue weighted by Crippen LogP contribution is -2.27. The summed E-state index contributed by atoms with van der Waals surface area (Å²) in [6.07, 6.45) is 1.68. The third-order valence-corrected chi connectivity index (χ3v) is 4.56. The van der Waals surface area contributed by atoms with Gasteiger partial charge in [-0.05, 0) is 39.2 Å². The number of hydrogen-bond donors (Lipinski definition) is 1. The summed E-state index contributed by atoms with van der Waals surface area (Å²) in [4.78, 5) is 24.4. The van der Waals surface area contributed by atoms with Gasteiger partial charge in [-0.15, -0.1) is 0 Å². The zero-order valence-corrected chi connectivity index (χ0v) is 15.9. The third kappa shape index (κ3) is 4.42. The molecule has 0 unspecified atom stereocenters. The predicted molar refractivity (Wildman–Crippen MR) is 103 cm³/mol. The number of amides is 1. The molecular formula is C20H24N4O3. The first-order valence-electron chi connectivity index (χ1n) is 9.11. The summed E-state index contributed by atoms with van der Waals surface area (Å²) >= 11 is 0. The number of carbonyl (C=O) groups is 1. The van der Waals surface area contributed by atoms with Crippen molar-refractivity contribution >= 4 is 16.8 Å². The van der Waals surface area contributed by atoms with Crippen LogP contribution in [0.15, 0.2) is 33.6 Å². The molecule has 3 rings (SSSR count). The van der Waals surface area contributed by atoms with Crippen molar-refractivity contribution in [2.45, 2.75) is 46.6 Å². The highest BCUT2D eigenvalue weighted by Crippen LogP contribution is 2.16. The Balaban J connectivity index is 1.48. The Morgan fingerprint density at radius 1 is 1.19 bits per heavy atom. The standard InChI is InChI=1S/C20H24N4O3/c1-13-6-8-16(9-7-13)10-11-21-17(25)5-4-12-24-20(26)19-18(14(2)22-24)15(3)27-23-19/h6-9H,4-5,10-12H2,1-3H3,(H,21,25). The van der Waals surface area contributed by atoms with E-state index in [1.807, 2.05) is 6.92 Å². The van der Waals surface area contributed by atoms with E-state index in [4.69, 9.17) is 4.52 Å². The SMILES string of the molecule is Cc1ccc(CCNC(=O)CCCn2nc(C)c3c(C)onc3c2=O)cc1. The van der Waals surface area contributed by atoms with Crippen molar-refractivity contribution in [1.29, 1.82) is 0 Å². The molecule has 0 fully saturated rings. The molecular weight excluding hydrogens is 344 g/mol. The highest BCUT2D eigenvalue weighted by Gasteiger charge is 2.15. The minimum Gasteiger partial charge on any atom is -0.360 e. The fraction of sp³-hybridized carbons (Fsp3) is 0.400. The summed E-state index contributed by atoms with van der Waals surface area (Å²) in [6.45, 7) is 6.60. The van der Waals surface area contributed by atoms with Crippen LogP contribution in [0, 0.1) is 20.8 Å². The Kier molecular flexibility index (Phi) is 5.69. The van der Waals surface area contributed by atoms with Crippen LogP contribution in [-0.2, 0) is 17.8 Å². The Morgan fingerprint density at radius 3 is 2.67 bits per heavy atom. The first-order chi connectivity index (χ1) is 13.0. The molecule has 0 saturated heterocycles. The van der Waals surface area contributed by atoms with E-state index < -0.39 is 0 Å². The Labute approximate surface area is 157 Å². The highest BCUT2D eigenvalue weighted by molar-refractivity contribution is 5.81. The number of nitrogens with zero attached hydrogens (tertiary/aromatic N) is 3. The van der Waals surface area contributed by atoms with Crippen LogP contribution in [0.3, 0.4) is 0 Å². The fourth-order valence-electron chi connectivity index (χ4n) is 3.07. The molecule has 7 heteroatoms. The number of nitrogens with one attached hydrogen (secondary N) is 1. The molecule has 0 aliphatic carbocycles. The van der Waals surface area contributed by atoms with Gasteiger partial charge >= 0.3 is 0 Å². The monoisotopic (exact) mass is 368 g/mol. The molecule has 7 nitrogen and oxygen atoms in total. The maximum Gasteiger partial charge on any atom is 0.296 e. The van der Waals surface area contributed by atoms with Gasteiger partial charge in [0.1, 0.15) is 5.76 Å². The van der Waals surface area contributed by atoms with Crippen molar-refractivity contribution in [3.05, 3.63) is 57.2 Å². The van der Waals surface area contributed by atoms with Crippen molar-refractivity contribution in [2.24, 2.45) is 0 Å². The van der Waals surface area contributed by atoms with Gasteiger partial charge in [-0.3, -0.25) is 9.59 Å². The van der Waals surface area contributed by atoms with Crippen molar-refractivity contribution in [2.75, 3.05) is 6.54 Å². The summed E-state index contributed by atoms with van der Waals surface area (Å²) < 4.78 is 6.45. The van der Waals surface area contributed by atoms with E-state index in [-0.39, 0.29) is 11.5 Å². The predicted octanol–water partition coefficient (Wildman–Crippen LogP) is 2.45. The lowest BCUT2D eigenvalue weighted by molar-refractivity contribution is -0.121. The Bertz CT molecular complexity index is 1000. The summed E-state index contributed by atoms with van der Waals surface area (Å²) in [5, 5.41) is 11.7. The van der Waals surface area contributed by atoms with E-state index in [0.29, 0.717) is 48.3 Å². The second kappa shape index (κ2) is 8.16. The van der Waals surface area contributed by atoms with E-state index in [2.05, 4.69) is 46.8 Å². The minimum atomic E-state index is -0.285. The molecule has 0 spiro atoms. The average Bonchev–Trinajstić information content (AvgIpc) is 3.03. The first-order valence-corrected chi connectivity index (χ1v) is 9.11. The lowest BCUT2D eigenvalue weighted by atomic mass is 10.1. The van der Waals surface area contributed by atoms with Crippen LogP contribution in [0.1, 0.15) is 35.4 Å². The van der Waals surface area contributed by atoms with Crippen LogP contribution in [0.25, 0.3) is 10.9 Å². The highest BCUT2D eigenvalue weighted by atomic mass is 16.5. The Hall–Kier alpha value is -2.96. The molecule has 27 heavy (non-hydrogen) atoms. The van der Waals surface area contributed by atoms with Gasteiger partial charge in [-0.2, -0.15) is 5.10 Å². The topological polar surface area (TPSA) is 90.0 Å². The van der Waals surface area contributed by atoms with Gasteiger partial charge in [0.15, 0.2) is 5.52 Å². The van der Waals surface area contributed by atoms with Gasteiger partial charge in [0.2, 0.25) is 5.91 Å². The molecule has 0 aliphatic rings. The van der Waals surface area contributed by atoms with Crippen molar-refractivity contribution in [3.63, 3.8) is 0 Å². The van der Waals surface area contributed by atoms with Crippen LogP contribution >= 0.6 is 0 Å². The molecule has 142 valence electrons. The van der Waals surface area contributed by atoms with Crippen molar-refractivity contribution in [3.8, 4) is 0 Å². The first kappa shape index (κ1) is 18.8. The number of aromatic nitrogens is 3. The smallest absolute Gasteiger partial charge is 0.296 e. The minimum absolute atomic E-state index is 0.0229. The molecule has 1 aromatic carbocycles. The van der Waals surface area contributed by atoms with Crippen LogP contribution in [0.2, 0.25) is 0 Å². The van der Waals surface area contributed by atoms with Gasteiger partial charge in [0, 0.05) is 19.5 Å². The van der Waals surface area contributed by atoms with Gasteiger partial charge < -0.3 is 9.84 Å². The van der Waals surface area contributed by atoms with Crippen LogP contribution < -0.4 is 10.9 Å². The van der Waals surface area contributed by atoms with Crippen LogP contribution in [-0.4, -0.2) is 27.4 Å². The maximum atomic E-state index is 12.4. The zero-order chi connectivity index (χ0) is 19.4. The van der Waals surface area contributed by atoms with E-state index >= 15 is 0 Å². The molecule has 1 N–H and O–H groups in total. The lowest BCUT2D eigenvalue weighted by Gasteiger charge is -2.07. The molecule has 3 aromatic rings. The number of rotatable bonds is 7. The quantitative estimate of drug-likeness (QED) is 0.692. The second-order valence-corrected chi connectivity index (χ2v) is 6.77. The molecule has 0 atom stereocenters. The molecule has 0 bridgehead atoms. The molecule has 2 aromatic heterocycles. The number of aryl methyl sites for hydroxylation is 4. The van der Waals surface area contributed by atoms with Crippen molar-refractivity contribution in [1.82, 2.24) is 20.3 Å². The molecule has 0 saturated carbocycles. The zero-order valence-electron chi connectivity index (χ0n) is 15.9. The summed E-state index contributed by atoms with van der Waals surface area (Å²) in [7, 11) is 0. The fourth-order valence-corrected chi connectivity index (χ4v) is 3.07. The molecule has 2 heterocycles. The van der Waals surface area contributed by atoms with Crippen LogP contribution in [0.4, 0.5) is 0 Å². The number of carbonyl (C=O) groups excluding carboxylic acids is 1. The average molecular weight is 368 g/mol. The van der Waals surface area contributed by atoms with E-state index in [1.54, 1.807) is 6.92 Å². The van der Waals surface area contributed by atoms with E-state index in [1.165, 1.54) is 15.8 Å². The number of hydrogen-bond acceptors (Lipinski definition) is 5. The van der Waals surface area contributed by atoms with Crippen molar-refractivity contribution < 1.29 is 9.32 Å². The molecule has 0 radical (unpaired) electrons. The summed E-state index contributed by atoms with van der Waals surface area (Å²) in [5.74, 6) is 0.567.